The van der Waals surface area contributed by atoms with Gasteiger partial charge in [-0.1, -0.05) is 26.0 Å². The van der Waals surface area contributed by atoms with Crippen LogP contribution in [0.3, 0.4) is 0 Å². The molecule has 2 rings (SSSR count). The fourth-order valence-corrected chi connectivity index (χ4v) is 4.07. The third-order valence-electron chi connectivity index (χ3n) is 3.94. The second-order valence-corrected chi connectivity index (χ2v) is 6.61. The van der Waals surface area contributed by atoms with Crippen LogP contribution >= 0.6 is 11.8 Å². The number of benzene rings is 1. The van der Waals surface area contributed by atoms with E-state index in [1.807, 2.05) is 43.0 Å². The Bertz CT molecular complexity index is 399. The average Bonchev–Trinajstić information content (AvgIpc) is 2.34. The molecule has 1 saturated heterocycles. The van der Waals surface area contributed by atoms with Crippen molar-refractivity contribution in [1.29, 1.82) is 0 Å². The highest BCUT2D eigenvalue weighted by Gasteiger charge is 2.46. The number of aliphatic hydroxyl groups is 1. The van der Waals surface area contributed by atoms with Crippen molar-refractivity contribution in [2.24, 2.45) is 5.41 Å². The summed E-state index contributed by atoms with van der Waals surface area (Å²) in [5.41, 5.74) is 0.189. The first-order valence-electron chi connectivity index (χ1n) is 6.53. The molecule has 1 heterocycles. The predicted octanol–water partition coefficient (Wildman–Crippen LogP) is 3.44. The molecule has 1 N–H and O–H groups in total. The van der Waals surface area contributed by atoms with Crippen LogP contribution in [0.4, 0.5) is 0 Å². The van der Waals surface area contributed by atoms with Gasteiger partial charge < -0.3 is 9.84 Å². The molecule has 1 atom stereocenters. The quantitative estimate of drug-likeness (QED) is 0.909. The molecule has 0 aromatic heterocycles. The van der Waals surface area contributed by atoms with Crippen LogP contribution in [0.1, 0.15) is 32.8 Å². The molecular weight excluding hydrogens is 244 g/mol. The molecule has 0 radical (unpaired) electrons. The zero-order valence-electron chi connectivity index (χ0n) is 11.4. The highest BCUT2D eigenvalue weighted by Crippen LogP contribution is 2.48. The second-order valence-electron chi connectivity index (χ2n) is 5.50. The first-order valence-corrected chi connectivity index (χ1v) is 7.68. The molecular formula is C15H22O2S. The number of thioether (sulfide) groups is 1. The Labute approximate surface area is 114 Å². The van der Waals surface area contributed by atoms with Crippen LogP contribution in [-0.2, 0) is 5.60 Å². The van der Waals surface area contributed by atoms with Gasteiger partial charge in [-0.2, -0.15) is 11.8 Å². The minimum atomic E-state index is -0.735. The van der Waals surface area contributed by atoms with E-state index in [0.717, 1.165) is 29.2 Å². The van der Waals surface area contributed by atoms with Gasteiger partial charge in [0, 0.05) is 5.75 Å². The summed E-state index contributed by atoms with van der Waals surface area (Å²) in [6, 6.07) is 7.90. The maximum Gasteiger partial charge on any atom is 0.119 e. The molecule has 1 aliphatic heterocycles. The topological polar surface area (TPSA) is 29.5 Å². The molecule has 100 valence electrons. The van der Waals surface area contributed by atoms with Gasteiger partial charge in [-0.25, -0.2) is 0 Å². The summed E-state index contributed by atoms with van der Waals surface area (Å²) in [6.07, 6.45) is 1.04. The Morgan fingerprint density at radius 3 is 2.50 bits per heavy atom. The van der Waals surface area contributed by atoms with E-state index in [1.165, 1.54) is 0 Å². The normalized spacial score (nSPS) is 26.9. The molecule has 0 bridgehead atoms. The summed E-state index contributed by atoms with van der Waals surface area (Å²) in [6.45, 7) is 6.96. The molecule has 0 aliphatic carbocycles. The first kappa shape index (κ1) is 13.8. The minimum Gasteiger partial charge on any atom is -0.494 e. The Morgan fingerprint density at radius 2 is 1.94 bits per heavy atom. The molecule has 1 aromatic carbocycles. The SMILES string of the molecule is CCOc1ccc(C2(O)CSCCC2(C)C)cc1. The Morgan fingerprint density at radius 1 is 1.28 bits per heavy atom. The fourth-order valence-electron chi connectivity index (χ4n) is 2.42. The Kier molecular flexibility index (Phi) is 3.93. The van der Waals surface area contributed by atoms with Crippen molar-refractivity contribution in [2.45, 2.75) is 32.8 Å². The van der Waals surface area contributed by atoms with Crippen molar-refractivity contribution < 1.29 is 9.84 Å². The maximum atomic E-state index is 11.0. The molecule has 0 spiro atoms. The maximum absolute atomic E-state index is 11.0. The van der Waals surface area contributed by atoms with E-state index >= 15 is 0 Å². The van der Waals surface area contributed by atoms with Crippen LogP contribution in [-0.4, -0.2) is 23.2 Å². The van der Waals surface area contributed by atoms with Crippen molar-refractivity contribution in [3.63, 3.8) is 0 Å². The lowest BCUT2D eigenvalue weighted by molar-refractivity contribution is -0.0579. The van der Waals surface area contributed by atoms with Gasteiger partial charge in [-0.3, -0.25) is 0 Å². The van der Waals surface area contributed by atoms with Gasteiger partial charge >= 0.3 is 0 Å². The summed E-state index contributed by atoms with van der Waals surface area (Å²) in [4.78, 5) is 0. The number of hydrogen-bond acceptors (Lipinski definition) is 3. The summed E-state index contributed by atoms with van der Waals surface area (Å²) in [7, 11) is 0. The van der Waals surface area contributed by atoms with E-state index in [4.69, 9.17) is 4.74 Å². The van der Waals surface area contributed by atoms with Crippen molar-refractivity contribution >= 4 is 11.8 Å². The van der Waals surface area contributed by atoms with Crippen LogP contribution < -0.4 is 4.74 Å². The molecule has 1 fully saturated rings. The monoisotopic (exact) mass is 266 g/mol. The van der Waals surface area contributed by atoms with Gasteiger partial charge in [0.2, 0.25) is 0 Å². The van der Waals surface area contributed by atoms with Gasteiger partial charge in [0.05, 0.1) is 6.61 Å². The Balaban J connectivity index is 2.28. The molecule has 1 aliphatic rings. The molecule has 3 heteroatoms. The molecule has 0 amide bonds. The molecule has 1 aromatic rings. The lowest BCUT2D eigenvalue weighted by Gasteiger charge is -2.46. The largest absolute Gasteiger partial charge is 0.494 e. The molecule has 0 saturated carbocycles. The van der Waals surface area contributed by atoms with E-state index in [2.05, 4.69) is 13.8 Å². The van der Waals surface area contributed by atoms with Gasteiger partial charge in [-0.05, 0) is 42.2 Å². The van der Waals surface area contributed by atoms with Crippen LogP contribution in [0.5, 0.6) is 5.75 Å². The number of hydrogen-bond donors (Lipinski definition) is 1. The van der Waals surface area contributed by atoms with Crippen molar-refractivity contribution in [3.8, 4) is 5.75 Å². The summed E-state index contributed by atoms with van der Waals surface area (Å²) >= 11 is 1.83. The third-order valence-corrected chi connectivity index (χ3v) is 5.06. The summed E-state index contributed by atoms with van der Waals surface area (Å²) < 4.78 is 5.45. The van der Waals surface area contributed by atoms with Gasteiger partial charge in [0.15, 0.2) is 0 Å². The van der Waals surface area contributed by atoms with Crippen molar-refractivity contribution in [2.75, 3.05) is 18.1 Å². The lowest BCUT2D eigenvalue weighted by Crippen LogP contribution is -2.47. The summed E-state index contributed by atoms with van der Waals surface area (Å²) in [5, 5.41) is 11.0. The highest BCUT2D eigenvalue weighted by atomic mass is 32.2. The van der Waals surface area contributed by atoms with Crippen LogP contribution in [0, 0.1) is 5.41 Å². The Hall–Kier alpha value is -0.670. The van der Waals surface area contributed by atoms with Gasteiger partial charge in [0.25, 0.3) is 0 Å². The third kappa shape index (κ3) is 2.39. The van der Waals surface area contributed by atoms with E-state index in [9.17, 15) is 5.11 Å². The standard InChI is InChI=1S/C15H22O2S/c1-4-17-13-7-5-12(6-8-13)15(16)11-18-10-9-14(15,2)3/h5-8,16H,4,9-11H2,1-3H3. The van der Waals surface area contributed by atoms with E-state index in [0.29, 0.717) is 6.61 Å². The van der Waals surface area contributed by atoms with Gasteiger partial charge in [-0.15, -0.1) is 0 Å². The van der Waals surface area contributed by atoms with Crippen LogP contribution in [0.25, 0.3) is 0 Å². The van der Waals surface area contributed by atoms with Crippen molar-refractivity contribution in [3.05, 3.63) is 29.8 Å². The number of ether oxygens (including phenoxy) is 1. The van der Waals surface area contributed by atoms with E-state index < -0.39 is 5.60 Å². The lowest BCUT2D eigenvalue weighted by atomic mass is 9.70. The highest BCUT2D eigenvalue weighted by molar-refractivity contribution is 7.99. The molecule has 1 unspecified atom stereocenters. The molecule has 2 nitrogen and oxygen atoms in total. The number of rotatable bonds is 3. The van der Waals surface area contributed by atoms with Crippen LogP contribution in [0.2, 0.25) is 0 Å². The zero-order chi connectivity index (χ0) is 13.2. The molecule has 18 heavy (non-hydrogen) atoms. The fraction of sp³-hybridized carbons (Fsp3) is 0.600. The van der Waals surface area contributed by atoms with E-state index in [1.54, 1.807) is 0 Å². The smallest absolute Gasteiger partial charge is 0.119 e. The van der Waals surface area contributed by atoms with Gasteiger partial charge in [0.1, 0.15) is 11.4 Å². The van der Waals surface area contributed by atoms with E-state index in [-0.39, 0.29) is 5.41 Å². The minimum absolute atomic E-state index is 0.0780. The van der Waals surface area contributed by atoms with Crippen molar-refractivity contribution in [1.82, 2.24) is 0 Å². The predicted molar refractivity (Wildman–Crippen MR) is 77.2 cm³/mol. The summed E-state index contributed by atoms with van der Waals surface area (Å²) in [5.74, 6) is 2.77. The average molecular weight is 266 g/mol. The zero-order valence-corrected chi connectivity index (χ0v) is 12.2. The van der Waals surface area contributed by atoms with Crippen LogP contribution in [0.15, 0.2) is 24.3 Å². The second kappa shape index (κ2) is 5.14. The first-order chi connectivity index (χ1) is 8.49.